The summed E-state index contributed by atoms with van der Waals surface area (Å²) in [6, 6.07) is 29.4. The molecule has 194 valence electrons. The predicted molar refractivity (Wildman–Crippen MR) is 146 cm³/mol. The number of thioether (sulfide) groups is 1. The standard InChI is InChI=1S/C29H33N3O4S/c1-2-37-29-26(31-32-30)28(35-20-24-16-10-5-11-17-24)27(34-19-23-14-8-4-9-15-23)25(36-29)21-33-18-22-12-6-3-7-13-22/h3-17,25-29H,2,18-21H2,1H3/t25-,26-,27-,28-,29+/m1/s1. The van der Waals surface area contributed by atoms with Gasteiger partial charge in [-0.1, -0.05) is 103 Å². The molecule has 0 spiro atoms. The van der Waals surface area contributed by atoms with Crippen LogP contribution in [0.4, 0.5) is 0 Å². The molecule has 0 aliphatic carbocycles. The molecule has 1 fully saturated rings. The summed E-state index contributed by atoms with van der Waals surface area (Å²) in [5, 5.41) is 4.13. The molecule has 1 heterocycles. The van der Waals surface area contributed by atoms with Gasteiger partial charge in [0, 0.05) is 4.91 Å². The average molecular weight is 520 g/mol. The van der Waals surface area contributed by atoms with Crippen LogP contribution in [0.25, 0.3) is 10.4 Å². The maximum absolute atomic E-state index is 9.41. The Morgan fingerprint density at radius 3 is 1.81 bits per heavy atom. The first-order valence-electron chi connectivity index (χ1n) is 12.5. The summed E-state index contributed by atoms with van der Waals surface area (Å²) in [6.45, 7) is 3.59. The smallest absolute Gasteiger partial charge is 0.114 e. The van der Waals surface area contributed by atoms with Gasteiger partial charge in [-0.25, -0.2) is 0 Å². The van der Waals surface area contributed by atoms with Crippen LogP contribution in [-0.2, 0) is 38.8 Å². The minimum absolute atomic E-state index is 0.323. The monoisotopic (exact) mass is 519 g/mol. The molecule has 3 aromatic carbocycles. The van der Waals surface area contributed by atoms with Crippen LogP contribution in [0.1, 0.15) is 23.6 Å². The lowest BCUT2D eigenvalue weighted by atomic mass is 9.97. The zero-order valence-corrected chi connectivity index (χ0v) is 21.8. The molecule has 1 saturated heterocycles. The van der Waals surface area contributed by atoms with E-state index in [-0.39, 0.29) is 5.44 Å². The van der Waals surface area contributed by atoms with Crippen molar-refractivity contribution in [2.45, 2.75) is 56.5 Å². The highest BCUT2D eigenvalue weighted by atomic mass is 32.2. The third-order valence-corrected chi connectivity index (χ3v) is 7.15. The molecule has 1 aliphatic rings. The number of ether oxygens (including phenoxy) is 4. The summed E-state index contributed by atoms with van der Waals surface area (Å²) in [5.41, 5.74) is 12.2. The molecule has 4 rings (SSSR count). The van der Waals surface area contributed by atoms with Crippen LogP contribution < -0.4 is 0 Å². The molecule has 0 bridgehead atoms. The Morgan fingerprint density at radius 2 is 1.30 bits per heavy atom. The topological polar surface area (TPSA) is 85.7 Å². The number of benzene rings is 3. The van der Waals surface area contributed by atoms with Gasteiger partial charge in [0.25, 0.3) is 0 Å². The van der Waals surface area contributed by atoms with Crippen LogP contribution in [0.2, 0.25) is 0 Å². The highest BCUT2D eigenvalue weighted by Crippen LogP contribution is 2.35. The van der Waals surface area contributed by atoms with Gasteiger partial charge < -0.3 is 18.9 Å². The lowest BCUT2D eigenvalue weighted by Gasteiger charge is -2.44. The van der Waals surface area contributed by atoms with Gasteiger partial charge in [-0.3, -0.25) is 0 Å². The molecule has 0 aromatic heterocycles. The fourth-order valence-electron chi connectivity index (χ4n) is 4.30. The van der Waals surface area contributed by atoms with E-state index in [1.807, 2.05) is 91.0 Å². The van der Waals surface area contributed by atoms with Crippen molar-refractivity contribution in [1.82, 2.24) is 0 Å². The molecule has 8 heteroatoms. The van der Waals surface area contributed by atoms with Crippen LogP contribution >= 0.6 is 11.8 Å². The molecule has 7 nitrogen and oxygen atoms in total. The van der Waals surface area contributed by atoms with Crippen LogP contribution in [-0.4, -0.2) is 42.1 Å². The minimum atomic E-state index is -0.551. The summed E-state index contributed by atoms with van der Waals surface area (Å²) in [6.07, 6.45) is -1.41. The lowest BCUT2D eigenvalue weighted by Crippen LogP contribution is -2.59. The Hall–Kier alpha value is -2.84. The van der Waals surface area contributed by atoms with E-state index in [0.717, 1.165) is 22.4 Å². The van der Waals surface area contributed by atoms with E-state index >= 15 is 0 Å². The van der Waals surface area contributed by atoms with Crippen molar-refractivity contribution < 1.29 is 18.9 Å². The van der Waals surface area contributed by atoms with Gasteiger partial charge in [-0.2, -0.15) is 0 Å². The van der Waals surface area contributed by atoms with E-state index in [2.05, 4.69) is 16.9 Å². The molecule has 0 amide bonds. The molecule has 0 unspecified atom stereocenters. The van der Waals surface area contributed by atoms with Crippen LogP contribution in [0.3, 0.4) is 0 Å². The maximum atomic E-state index is 9.41. The largest absolute Gasteiger partial charge is 0.374 e. The van der Waals surface area contributed by atoms with Gasteiger partial charge in [0.1, 0.15) is 23.7 Å². The normalized spacial score (nSPS) is 23.3. The molecule has 1 aliphatic heterocycles. The van der Waals surface area contributed by atoms with E-state index in [1.54, 1.807) is 11.8 Å². The molecule has 37 heavy (non-hydrogen) atoms. The second-order valence-corrected chi connectivity index (χ2v) is 10.1. The van der Waals surface area contributed by atoms with Crippen molar-refractivity contribution in [2.75, 3.05) is 12.4 Å². The van der Waals surface area contributed by atoms with Crippen molar-refractivity contribution in [3.05, 3.63) is 118 Å². The number of rotatable bonds is 13. The Kier molecular flexibility index (Phi) is 10.9. The predicted octanol–water partition coefficient (Wildman–Crippen LogP) is 6.53. The number of hydrogen-bond donors (Lipinski definition) is 0. The zero-order chi connectivity index (χ0) is 25.7. The van der Waals surface area contributed by atoms with Gasteiger partial charge in [0.15, 0.2) is 0 Å². The van der Waals surface area contributed by atoms with Crippen molar-refractivity contribution in [3.63, 3.8) is 0 Å². The Morgan fingerprint density at radius 1 is 0.784 bits per heavy atom. The maximum Gasteiger partial charge on any atom is 0.114 e. The molecule has 0 N–H and O–H groups in total. The molecular weight excluding hydrogens is 486 g/mol. The SMILES string of the molecule is CCS[C@@H]1O[C@H](COCc2ccccc2)[C@@H](OCc2ccccc2)[C@H](OCc2ccccc2)[C@H]1N=[N+]=[N-]. The van der Waals surface area contributed by atoms with Gasteiger partial charge in [-0.15, -0.1) is 11.8 Å². The van der Waals surface area contributed by atoms with Crippen LogP contribution in [0.5, 0.6) is 0 Å². The van der Waals surface area contributed by atoms with Crippen molar-refractivity contribution >= 4 is 11.8 Å². The van der Waals surface area contributed by atoms with Crippen molar-refractivity contribution in [2.24, 2.45) is 5.11 Å². The van der Waals surface area contributed by atoms with E-state index in [0.29, 0.717) is 26.4 Å². The first-order chi connectivity index (χ1) is 18.3. The fraction of sp³-hybridized carbons (Fsp3) is 0.379. The van der Waals surface area contributed by atoms with E-state index in [1.165, 1.54) is 0 Å². The highest BCUT2D eigenvalue weighted by molar-refractivity contribution is 7.99. The Balaban J connectivity index is 1.57. The summed E-state index contributed by atoms with van der Waals surface area (Å²) in [7, 11) is 0. The molecule has 0 saturated carbocycles. The highest BCUT2D eigenvalue weighted by Gasteiger charge is 2.47. The lowest BCUT2D eigenvalue weighted by molar-refractivity contribution is -0.211. The van der Waals surface area contributed by atoms with Crippen molar-refractivity contribution in [1.29, 1.82) is 0 Å². The van der Waals surface area contributed by atoms with E-state index in [9.17, 15) is 5.53 Å². The third-order valence-electron chi connectivity index (χ3n) is 6.09. The summed E-state index contributed by atoms with van der Waals surface area (Å²) < 4.78 is 25.5. The molecule has 5 atom stereocenters. The zero-order valence-electron chi connectivity index (χ0n) is 21.0. The van der Waals surface area contributed by atoms with E-state index in [4.69, 9.17) is 18.9 Å². The van der Waals surface area contributed by atoms with Gasteiger partial charge >= 0.3 is 0 Å². The number of nitrogens with zero attached hydrogens (tertiary/aromatic N) is 3. The number of hydrogen-bond acceptors (Lipinski definition) is 6. The third kappa shape index (κ3) is 8.07. The minimum Gasteiger partial charge on any atom is -0.374 e. The van der Waals surface area contributed by atoms with Crippen molar-refractivity contribution in [3.8, 4) is 0 Å². The fourth-order valence-corrected chi connectivity index (χ4v) is 5.26. The first-order valence-corrected chi connectivity index (χ1v) is 13.6. The molecular formula is C29H33N3O4S. The van der Waals surface area contributed by atoms with Crippen LogP contribution in [0, 0.1) is 0 Å². The second-order valence-electron chi connectivity index (χ2n) is 8.72. The molecule has 3 aromatic rings. The summed E-state index contributed by atoms with van der Waals surface area (Å²) in [4.78, 5) is 3.14. The number of azide groups is 1. The molecule has 0 radical (unpaired) electrons. The van der Waals surface area contributed by atoms with Gasteiger partial charge in [0.05, 0.1) is 32.5 Å². The van der Waals surface area contributed by atoms with E-state index < -0.39 is 24.4 Å². The van der Waals surface area contributed by atoms with Gasteiger partial charge in [0.2, 0.25) is 0 Å². The second kappa shape index (κ2) is 14.8. The van der Waals surface area contributed by atoms with Gasteiger partial charge in [-0.05, 0) is 28.0 Å². The Bertz CT molecular complexity index is 1100. The van der Waals surface area contributed by atoms with Crippen LogP contribution in [0.15, 0.2) is 96.1 Å². The summed E-state index contributed by atoms with van der Waals surface area (Å²) >= 11 is 1.60. The average Bonchev–Trinajstić information content (AvgIpc) is 2.94. The first kappa shape index (κ1) is 27.2. The quantitative estimate of drug-likeness (QED) is 0.146. The summed E-state index contributed by atoms with van der Waals surface area (Å²) in [5.74, 6) is 0.806. The Labute approximate surface area is 222 Å².